The molecule has 0 amide bonds. The summed E-state index contributed by atoms with van der Waals surface area (Å²) >= 11 is 0. The highest BCUT2D eigenvalue weighted by Gasteiger charge is 2.37. The van der Waals surface area contributed by atoms with Gasteiger partial charge in [-0.15, -0.1) is 6.58 Å². The molecule has 1 saturated heterocycles. The topological polar surface area (TPSA) is 71.1 Å². The maximum absolute atomic E-state index is 12.8. The number of ketones is 1. The molecular formula is C30H42O6. The highest BCUT2D eigenvalue weighted by molar-refractivity contribution is 5.82. The number of esters is 1. The molecule has 0 aromatic heterocycles. The van der Waals surface area contributed by atoms with Gasteiger partial charge in [-0.25, -0.2) is 4.79 Å². The molecule has 0 spiro atoms. The molecule has 0 aromatic rings. The Labute approximate surface area is 216 Å². The van der Waals surface area contributed by atoms with E-state index in [1.54, 1.807) is 7.11 Å². The zero-order chi connectivity index (χ0) is 26.1. The Kier molecular flexibility index (Phi) is 10.9. The van der Waals surface area contributed by atoms with E-state index in [1.807, 2.05) is 25.2 Å². The van der Waals surface area contributed by atoms with Gasteiger partial charge in [0.05, 0.1) is 24.4 Å². The zero-order valence-electron chi connectivity index (χ0n) is 22.0. The summed E-state index contributed by atoms with van der Waals surface area (Å²) in [7, 11) is 1.65. The second-order valence-electron chi connectivity index (χ2n) is 10.6. The summed E-state index contributed by atoms with van der Waals surface area (Å²) in [6.45, 7) is 12.3. The summed E-state index contributed by atoms with van der Waals surface area (Å²) in [5, 5.41) is 0. The molecule has 0 N–H and O–H groups in total. The van der Waals surface area contributed by atoms with Gasteiger partial charge in [-0.2, -0.15) is 0 Å². The molecule has 3 aliphatic rings. The number of carbonyl (C=O) groups excluding carboxylic acids is 2. The Morgan fingerprint density at radius 2 is 1.97 bits per heavy atom. The van der Waals surface area contributed by atoms with Crippen molar-refractivity contribution in [3.8, 4) is 0 Å². The maximum atomic E-state index is 12.8. The summed E-state index contributed by atoms with van der Waals surface area (Å²) < 4.78 is 23.7. The van der Waals surface area contributed by atoms with Gasteiger partial charge in [-0.05, 0) is 44.9 Å². The van der Waals surface area contributed by atoms with Crippen LogP contribution in [0.1, 0.15) is 65.2 Å². The molecule has 0 radical (unpaired) electrons. The Hall–Kier alpha value is -2.28. The zero-order valence-corrected chi connectivity index (χ0v) is 22.0. The predicted molar refractivity (Wildman–Crippen MR) is 140 cm³/mol. The normalized spacial score (nSPS) is 34.1. The summed E-state index contributed by atoms with van der Waals surface area (Å²) in [6.07, 6.45) is 15.0. The first kappa shape index (κ1) is 28.3. The van der Waals surface area contributed by atoms with Crippen LogP contribution in [0.4, 0.5) is 0 Å². The lowest BCUT2D eigenvalue weighted by atomic mass is 9.91. The van der Waals surface area contributed by atoms with Crippen LogP contribution in [0.15, 0.2) is 60.8 Å². The van der Waals surface area contributed by atoms with Crippen molar-refractivity contribution in [2.45, 2.75) is 102 Å². The van der Waals surface area contributed by atoms with Crippen molar-refractivity contribution in [3.63, 3.8) is 0 Å². The molecule has 0 aliphatic carbocycles. The van der Waals surface area contributed by atoms with Crippen molar-refractivity contribution < 1.29 is 28.5 Å². The lowest BCUT2D eigenvalue weighted by molar-refractivity contribution is -0.144. The van der Waals surface area contributed by atoms with E-state index in [4.69, 9.17) is 18.9 Å². The molecule has 3 heterocycles. The number of ether oxygens (including phenoxy) is 4. The number of methoxy groups -OCH3 is 1. The van der Waals surface area contributed by atoms with Crippen molar-refractivity contribution in [3.05, 3.63) is 60.8 Å². The largest absolute Gasteiger partial charge is 0.456 e. The summed E-state index contributed by atoms with van der Waals surface area (Å²) in [5.41, 5.74) is 1.96. The van der Waals surface area contributed by atoms with Crippen LogP contribution in [0.3, 0.4) is 0 Å². The van der Waals surface area contributed by atoms with Crippen LogP contribution >= 0.6 is 0 Å². The summed E-state index contributed by atoms with van der Waals surface area (Å²) in [5.74, 6) is 0.0574. The van der Waals surface area contributed by atoms with Crippen molar-refractivity contribution in [2.24, 2.45) is 5.92 Å². The van der Waals surface area contributed by atoms with Gasteiger partial charge in [0.15, 0.2) is 0 Å². The van der Waals surface area contributed by atoms with Gasteiger partial charge in [0, 0.05) is 32.4 Å². The van der Waals surface area contributed by atoms with Crippen molar-refractivity contribution >= 4 is 11.8 Å². The fourth-order valence-corrected chi connectivity index (χ4v) is 5.19. The SMILES string of the molecule is C=C(C)CC(/C=C/C1OC2CC(=O)CC(=C)CC(C)CC3CC=C[C@@H](C/C=C\C(=O)OC1C2)O3)OC. The molecule has 0 aromatic carbocycles. The highest BCUT2D eigenvalue weighted by atomic mass is 16.6. The van der Waals surface area contributed by atoms with Crippen LogP contribution < -0.4 is 0 Å². The third-order valence-electron chi connectivity index (χ3n) is 6.79. The van der Waals surface area contributed by atoms with Gasteiger partial charge in [0.1, 0.15) is 18.0 Å². The molecule has 6 unspecified atom stereocenters. The fourth-order valence-electron chi connectivity index (χ4n) is 5.19. The van der Waals surface area contributed by atoms with E-state index >= 15 is 0 Å². The molecule has 198 valence electrons. The van der Waals surface area contributed by atoms with E-state index in [0.717, 1.165) is 30.4 Å². The van der Waals surface area contributed by atoms with Crippen LogP contribution in [-0.4, -0.2) is 55.5 Å². The first-order valence-corrected chi connectivity index (χ1v) is 13.1. The van der Waals surface area contributed by atoms with Crippen molar-refractivity contribution in [1.82, 2.24) is 0 Å². The maximum Gasteiger partial charge on any atom is 0.330 e. The number of hydrogen-bond acceptors (Lipinski definition) is 6. The van der Waals surface area contributed by atoms with Gasteiger partial charge in [0.25, 0.3) is 0 Å². The number of Topliss-reactive ketones (excluding diaryl/α,β-unsaturated/α-hetero) is 1. The van der Waals surface area contributed by atoms with Crippen LogP contribution in [0.5, 0.6) is 0 Å². The van der Waals surface area contributed by atoms with Crippen LogP contribution in [0.2, 0.25) is 0 Å². The van der Waals surface area contributed by atoms with E-state index in [2.05, 4.69) is 32.2 Å². The van der Waals surface area contributed by atoms with E-state index < -0.39 is 18.2 Å². The van der Waals surface area contributed by atoms with Gasteiger partial charge in [-0.1, -0.05) is 55.0 Å². The molecule has 4 bridgehead atoms. The van der Waals surface area contributed by atoms with E-state index in [9.17, 15) is 9.59 Å². The molecule has 7 atom stereocenters. The molecule has 6 heteroatoms. The Morgan fingerprint density at radius 1 is 1.17 bits per heavy atom. The number of carbonyl (C=O) groups is 2. The molecule has 1 fully saturated rings. The van der Waals surface area contributed by atoms with Gasteiger partial charge in [-0.3, -0.25) is 4.79 Å². The first-order valence-electron chi connectivity index (χ1n) is 13.1. The van der Waals surface area contributed by atoms with Crippen molar-refractivity contribution in [2.75, 3.05) is 7.11 Å². The molecule has 3 rings (SSSR count). The summed E-state index contributed by atoms with van der Waals surface area (Å²) in [4.78, 5) is 25.4. The quantitative estimate of drug-likeness (QED) is 0.364. The monoisotopic (exact) mass is 498 g/mol. The average molecular weight is 499 g/mol. The molecule has 6 nitrogen and oxygen atoms in total. The fraction of sp³-hybridized carbons (Fsp3) is 0.600. The van der Waals surface area contributed by atoms with Gasteiger partial charge in [0.2, 0.25) is 0 Å². The lowest BCUT2D eigenvalue weighted by Crippen LogP contribution is -2.26. The number of allylic oxidation sites excluding steroid dienone is 1. The lowest BCUT2D eigenvalue weighted by Gasteiger charge is -2.28. The number of rotatable bonds is 5. The second kappa shape index (κ2) is 13.9. The minimum atomic E-state index is -0.476. The van der Waals surface area contributed by atoms with Crippen LogP contribution in [0, 0.1) is 5.92 Å². The van der Waals surface area contributed by atoms with E-state index in [0.29, 0.717) is 31.6 Å². The minimum absolute atomic E-state index is 0.0576. The third-order valence-corrected chi connectivity index (χ3v) is 6.79. The molecular weight excluding hydrogens is 456 g/mol. The van der Waals surface area contributed by atoms with Crippen LogP contribution in [-0.2, 0) is 28.5 Å². The number of fused-ring (bicyclic) bond motifs is 4. The summed E-state index contributed by atoms with van der Waals surface area (Å²) in [6, 6.07) is 0. The first-order chi connectivity index (χ1) is 17.2. The Bertz CT molecular complexity index is 884. The Balaban J connectivity index is 1.74. The minimum Gasteiger partial charge on any atom is -0.456 e. The predicted octanol–water partition coefficient (Wildman–Crippen LogP) is 5.59. The smallest absolute Gasteiger partial charge is 0.330 e. The Morgan fingerprint density at radius 3 is 2.72 bits per heavy atom. The van der Waals surface area contributed by atoms with Gasteiger partial charge >= 0.3 is 5.97 Å². The highest BCUT2D eigenvalue weighted by Crippen LogP contribution is 2.29. The second-order valence-corrected chi connectivity index (χ2v) is 10.6. The van der Waals surface area contributed by atoms with E-state index in [-0.39, 0.29) is 36.6 Å². The molecule has 0 saturated carbocycles. The van der Waals surface area contributed by atoms with Gasteiger partial charge < -0.3 is 18.9 Å². The molecule has 3 aliphatic heterocycles. The van der Waals surface area contributed by atoms with Crippen LogP contribution in [0.25, 0.3) is 0 Å². The average Bonchev–Trinajstić information content (AvgIpc) is 3.16. The third kappa shape index (κ3) is 9.30. The standard InChI is InChI=1S/C30H42O6/c1-20(2)14-25(33-5)12-13-28-29-19-27(35-28)18-23(31)16-21(3)15-22(4)17-26-10-6-8-24(34-26)9-7-11-30(32)36-29/h6-8,11-13,22,24-29H,1,3,9-10,14-19H2,2,4-5H3/b11-7-,13-12+/t22?,24-,25?,26?,27?,28?,29?/m0/s1. The molecule has 36 heavy (non-hydrogen) atoms. The number of hydrogen-bond donors (Lipinski definition) is 0. The van der Waals surface area contributed by atoms with Crippen molar-refractivity contribution in [1.29, 1.82) is 0 Å². The van der Waals surface area contributed by atoms with E-state index in [1.165, 1.54) is 6.08 Å².